The second-order valence-electron chi connectivity index (χ2n) is 4.81. The Morgan fingerprint density at radius 2 is 2.06 bits per heavy atom. The fraction of sp³-hybridized carbons (Fsp3) is 0.571. The van der Waals surface area contributed by atoms with Crippen molar-refractivity contribution in [3.63, 3.8) is 0 Å². The Hall–Kier alpha value is 0.0500. The van der Waals surface area contributed by atoms with Gasteiger partial charge in [-0.2, -0.15) is 0 Å². The van der Waals surface area contributed by atoms with Gasteiger partial charge in [0.2, 0.25) is 0 Å². The van der Waals surface area contributed by atoms with E-state index in [-0.39, 0.29) is 0 Å². The van der Waals surface area contributed by atoms with Crippen molar-refractivity contribution in [3.8, 4) is 0 Å². The molecule has 0 spiro atoms. The van der Waals surface area contributed by atoms with Gasteiger partial charge in [0, 0.05) is 18.5 Å². The Kier molecular flexibility index (Phi) is 5.62. The van der Waals surface area contributed by atoms with E-state index in [1.807, 2.05) is 12.1 Å². The summed E-state index contributed by atoms with van der Waals surface area (Å²) in [5, 5.41) is 1.33. The second kappa shape index (κ2) is 7.00. The average Bonchev–Trinajstić information content (AvgIpc) is 2.37. The highest BCUT2D eigenvalue weighted by Crippen LogP contribution is 2.29. The second-order valence-corrected chi connectivity index (χ2v) is 5.97. The molecule has 1 fully saturated rings. The van der Waals surface area contributed by atoms with Gasteiger partial charge in [0.25, 0.3) is 0 Å². The zero-order valence-corrected chi connectivity index (χ0v) is 12.6. The topological polar surface area (TPSA) is 3.24 Å². The molecule has 100 valence electrons. The van der Waals surface area contributed by atoms with Crippen LogP contribution in [0.15, 0.2) is 18.2 Å². The minimum Gasteiger partial charge on any atom is -0.296 e. The van der Waals surface area contributed by atoms with Crippen LogP contribution in [-0.4, -0.2) is 23.4 Å². The van der Waals surface area contributed by atoms with Crippen molar-refractivity contribution in [2.45, 2.75) is 38.3 Å². The summed E-state index contributed by atoms with van der Waals surface area (Å²) in [6.45, 7) is 2.01. The van der Waals surface area contributed by atoms with E-state index in [0.29, 0.717) is 16.1 Å². The first-order chi connectivity index (χ1) is 8.72. The minimum absolute atomic E-state index is 0.589. The molecular formula is C14H18Cl3N. The Labute approximate surface area is 124 Å². The molecule has 1 aromatic carbocycles. The molecule has 4 heteroatoms. The number of rotatable bonds is 4. The highest BCUT2D eigenvalue weighted by Gasteiger charge is 2.22. The van der Waals surface area contributed by atoms with E-state index in [0.717, 1.165) is 31.0 Å². The van der Waals surface area contributed by atoms with E-state index in [1.165, 1.54) is 19.3 Å². The van der Waals surface area contributed by atoms with Crippen LogP contribution in [0.5, 0.6) is 0 Å². The lowest BCUT2D eigenvalue weighted by Gasteiger charge is -2.35. The molecular weight excluding hydrogens is 289 g/mol. The quantitative estimate of drug-likeness (QED) is 0.709. The van der Waals surface area contributed by atoms with Crippen molar-refractivity contribution in [1.82, 2.24) is 4.90 Å². The van der Waals surface area contributed by atoms with Crippen molar-refractivity contribution in [2.24, 2.45) is 0 Å². The summed E-state index contributed by atoms with van der Waals surface area (Å²) in [4.78, 5) is 2.49. The van der Waals surface area contributed by atoms with Crippen LogP contribution in [0.3, 0.4) is 0 Å². The summed E-state index contributed by atoms with van der Waals surface area (Å²) in [6, 6.07) is 6.44. The zero-order valence-electron chi connectivity index (χ0n) is 10.3. The van der Waals surface area contributed by atoms with Crippen LogP contribution < -0.4 is 0 Å². The summed E-state index contributed by atoms with van der Waals surface area (Å²) < 4.78 is 0. The van der Waals surface area contributed by atoms with Gasteiger partial charge < -0.3 is 0 Å². The molecule has 1 aliphatic heterocycles. The molecule has 1 nitrogen and oxygen atoms in total. The summed E-state index contributed by atoms with van der Waals surface area (Å²) in [7, 11) is 0. The van der Waals surface area contributed by atoms with Crippen LogP contribution in [0.1, 0.15) is 31.2 Å². The Bertz CT molecular complexity index is 393. The Balaban J connectivity index is 2.08. The highest BCUT2D eigenvalue weighted by molar-refractivity contribution is 6.42. The van der Waals surface area contributed by atoms with Gasteiger partial charge in [-0.05, 0) is 37.4 Å². The third-order valence-electron chi connectivity index (χ3n) is 3.60. The summed E-state index contributed by atoms with van der Waals surface area (Å²) in [5.74, 6) is 0.727. The number of hydrogen-bond acceptors (Lipinski definition) is 1. The molecule has 0 amide bonds. The standard InChI is InChI=1S/C14H18Cl3N/c15-8-7-12-5-1-2-9-18(12)10-11-4-3-6-13(16)14(11)17/h3-4,6,12H,1-2,5,7-10H2. The third-order valence-corrected chi connectivity index (χ3v) is 4.67. The van der Waals surface area contributed by atoms with Gasteiger partial charge in [0.1, 0.15) is 0 Å². The number of alkyl halides is 1. The molecule has 1 aliphatic rings. The minimum atomic E-state index is 0.589. The van der Waals surface area contributed by atoms with Gasteiger partial charge >= 0.3 is 0 Å². The molecule has 2 rings (SSSR count). The molecule has 0 N–H and O–H groups in total. The molecule has 18 heavy (non-hydrogen) atoms. The number of nitrogens with zero attached hydrogens (tertiary/aromatic N) is 1. The number of likely N-dealkylation sites (tertiary alicyclic amines) is 1. The van der Waals surface area contributed by atoms with E-state index < -0.39 is 0 Å². The van der Waals surface area contributed by atoms with Crippen LogP contribution in [0.4, 0.5) is 0 Å². The fourth-order valence-corrected chi connectivity index (χ4v) is 3.24. The first kappa shape index (κ1) is 14.5. The monoisotopic (exact) mass is 305 g/mol. The molecule has 0 saturated carbocycles. The molecule has 1 unspecified atom stereocenters. The van der Waals surface area contributed by atoms with E-state index in [1.54, 1.807) is 0 Å². The van der Waals surface area contributed by atoms with Gasteiger partial charge in [-0.3, -0.25) is 4.90 Å². The van der Waals surface area contributed by atoms with E-state index >= 15 is 0 Å². The van der Waals surface area contributed by atoms with Crippen molar-refractivity contribution in [3.05, 3.63) is 33.8 Å². The highest BCUT2D eigenvalue weighted by atomic mass is 35.5. The lowest BCUT2D eigenvalue weighted by molar-refractivity contribution is 0.137. The number of benzene rings is 1. The number of piperidine rings is 1. The van der Waals surface area contributed by atoms with Gasteiger partial charge in [-0.25, -0.2) is 0 Å². The number of halogens is 3. The predicted octanol–water partition coefficient (Wildman–Crippen LogP) is 4.98. The van der Waals surface area contributed by atoms with Crippen LogP contribution in [-0.2, 0) is 6.54 Å². The van der Waals surface area contributed by atoms with Gasteiger partial charge in [0.15, 0.2) is 0 Å². The molecule has 1 saturated heterocycles. The lowest BCUT2D eigenvalue weighted by Crippen LogP contribution is -2.39. The maximum absolute atomic E-state index is 6.25. The number of hydrogen-bond donors (Lipinski definition) is 0. The van der Waals surface area contributed by atoms with E-state index in [9.17, 15) is 0 Å². The maximum Gasteiger partial charge on any atom is 0.0637 e. The predicted molar refractivity (Wildman–Crippen MR) is 79.8 cm³/mol. The zero-order chi connectivity index (χ0) is 13.0. The van der Waals surface area contributed by atoms with Crippen molar-refractivity contribution < 1.29 is 0 Å². The molecule has 0 bridgehead atoms. The third kappa shape index (κ3) is 3.54. The molecule has 0 radical (unpaired) electrons. The summed E-state index contributed by atoms with van der Waals surface area (Å²) in [5.41, 5.74) is 1.12. The Morgan fingerprint density at radius 3 is 2.83 bits per heavy atom. The Morgan fingerprint density at radius 1 is 1.22 bits per heavy atom. The average molecular weight is 307 g/mol. The lowest BCUT2D eigenvalue weighted by atomic mass is 9.99. The first-order valence-electron chi connectivity index (χ1n) is 6.45. The first-order valence-corrected chi connectivity index (χ1v) is 7.74. The van der Waals surface area contributed by atoms with Crippen LogP contribution in [0.2, 0.25) is 10.0 Å². The van der Waals surface area contributed by atoms with Gasteiger partial charge in [0.05, 0.1) is 10.0 Å². The van der Waals surface area contributed by atoms with Crippen molar-refractivity contribution in [2.75, 3.05) is 12.4 Å². The van der Waals surface area contributed by atoms with E-state index in [4.69, 9.17) is 34.8 Å². The molecule has 1 heterocycles. The van der Waals surface area contributed by atoms with Crippen molar-refractivity contribution >= 4 is 34.8 Å². The molecule has 1 atom stereocenters. The maximum atomic E-state index is 6.25. The van der Waals surface area contributed by atoms with E-state index in [2.05, 4.69) is 11.0 Å². The molecule has 0 aliphatic carbocycles. The van der Waals surface area contributed by atoms with Gasteiger partial charge in [-0.1, -0.05) is 41.8 Å². The SMILES string of the molecule is ClCCC1CCCCN1Cc1cccc(Cl)c1Cl. The summed E-state index contributed by atoms with van der Waals surface area (Å²) >= 11 is 18.2. The van der Waals surface area contributed by atoms with Crippen LogP contribution >= 0.6 is 34.8 Å². The van der Waals surface area contributed by atoms with Crippen LogP contribution in [0, 0.1) is 0 Å². The largest absolute Gasteiger partial charge is 0.296 e. The van der Waals surface area contributed by atoms with Crippen LogP contribution in [0.25, 0.3) is 0 Å². The molecule has 0 aromatic heterocycles. The van der Waals surface area contributed by atoms with Crippen molar-refractivity contribution in [1.29, 1.82) is 0 Å². The molecule has 1 aromatic rings. The normalized spacial score (nSPS) is 21.2. The summed E-state index contributed by atoms with van der Waals surface area (Å²) in [6.07, 6.45) is 4.86. The fourth-order valence-electron chi connectivity index (χ4n) is 2.61. The van der Waals surface area contributed by atoms with Gasteiger partial charge in [-0.15, -0.1) is 11.6 Å². The smallest absolute Gasteiger partial charge is 0.0637 e.